The summed E-state index contributed by atoms with van der Waals surface area (Å²) in [5.74, 6) is -1.10. The number of thiophene rings is 1. The standard InChI is InChI=1S/C18H18ClN3O4S/c1-3-20(10-14-8-9-15(19)27-14)11-21-16(23)17(24)22(18(21)25)12-4-6-13(26-2)7-5-12/h4-9H,3,10-11H2,1-2H3. The Morgan fingerprint density at radius 3 is 2.33 bits per heavy atom. The van der Waals surface area contributed by atoms with Crippen LogP contribution in [0.3, 0.4) is 0 Å². The average Bonchev–Trinajstić information content (AvgIpc) is 3.17. The lowest BCUT2D eigenvalue weighted by atomic mass is 10.3. The van der Waals surface area contributed by atoms with Crippen LogP contribution in [0.15, 0.2) is 36.4 Å². The molecular weight excluding hydrogens is 390 g/mol. The summed E-state index contributed by atoms with van der Waals surface area (Å²) in [6.07, 6.45) is 0. The maximum Gasteiger partial charge on any atom is 0.340 e. The summed E-state index contributed by atoms with van der Waals surface area (Å²) in [5, 5.41) is 0. The van der Waals surface area contributed by atoms with Crippen molar-refractivity contribution in [3.8, 4) is 5.75 Å². The highest BCUT2D eigenvalue weighted by atomic mass is 35.5. The van der Waals surface area contributed by atoms with E-state index in [0.717, 1.165) is 14.7 Å². The fourth-order valence-corrected chi connectivity index (χ4v) is 3.84. The van der Waals surface area contributed by atoms with Gasteiger partial charge in [-0.05, 0) is 42.9 Å². The third-order valence-electron chi connectivity index (χ3n) is 4.18. The van der Waals surface area contributed by atoms with Crippen molar-refractivity contribution < 1.29 is 19.1 Å². The van der Waals surface area contributed by atoms with Crippen LogP contribution in [-0.2, 0) is 16.1 Å². The summed E-state index contributed by atoms with van der Waals surface area (Å²) in [6, 6.07) is 9.43. The first-order valence-corrected chi connectivity index (χ1v) is 9.44. The van der Waals surface area contributed by atoms with E-state index >= 15 is 0 Å². The summed E-state index contributed by atoms with van der Waals surface area (Å²) in [4.78, 5) is 42.2. The number of imide groups is 2. The zero-order valence-electron chi connectivity index (χ0n) is 14.8. The Kier molecular flexibility index (Phi) is 5.79. The summed E-state index contributed by atoms with van der Waals surface area (Å²) in [5.41, 5.74) is 0.328. The Bertz CT molecular complexity index is 868. The Morgan fingerprint density at radius 1 is 1.07 bits per heavy atom. The number of anilines is 1. The van der Waals surface area contributed by atoms with Gasteiger partial charge in [-0.3, -0.25) is 14.5 Å². The van der Waals surface area contributed by atoms with Gasteiger partial charge in [0.1, 0.15) is 5.75 Å². The number of benzene rings is 1. The highest BCUT2D eigenvalue weighted by Gasteiger charge is 2.45. The molecule has 0 radical (unpaired) electrons. The Hall–Kier alpha value is -2.42. The van der Waals surface area contributed by atoms with Crippen LogP contribution in [0.4, 0.5) is 10.5 Å². The molecule has 1 aromatic heterocycles. The molecule has 1 fully saturated rings. The molecule has 142 valence electrons. The van der Waals surface area contributed by atoms with Gasteiger partial charge in [0, 0.05) is 11.4 Å². The zero-order chi connectivity index (χ0) is 19.6. The molecule has 0 unspecified atom stereocenters. The second-order valence-electron chi connectivity index (χ2n) is 5.85. The molecule has 1 aromatic carbocycles. The number of nitrogens with zero attached hydrogens (tertiary/aromatic N) is 3. The van der Waals surface area contributed by atoms with E-state index < -0.39 is 17.8 Å². The number of hydrogen-bond acceptors (Lipinski definition) is 6. The highest BCUT2D eigenvalue weighted by molar-refractivity contribution is 7.16. The van der Waals surface area contributed by atoms with Crippen molar-refractivity contribution in [1.82, 2.24) is 9.80 Å². The van der Waals surface area contributed by atoms with Crippen LogP contribution in [0.1, 0.15) is 11.8 Å². The smallest absolute Gasteiger partial charge is 0.340 e. The van der Waals surface area contributed by atoms with Crippen LogP contribution in [0.25, 0.3) is 0 Å². The molecule has 0 N–H and O–H groups in total. The van der Waals surface area contributed by atoms with E-state index in [0.29, 0.717) is 28.9 Å². The van der Waals surface area contributed by atoms with Crippen molar-refractivity contribution in [3.05, 3.63) is 45.6 Å². The zero-order valence-corrected chi connectivity index (χ0v) is 16.4. The molecule has 0 spiro atoms. The number of ether oxygens (including phenoxy) is 1. The largest absolute Gasteiger partial charge is 0.497 e. The van der Waals surface area contributed by atoms with Gasteiger partial charge in [-0.2, -0.15) is 0 Å². The van der Waals surface area contributed by atoms with Crippen molar-refractivity contribution >= 4 is 46.5 Å². The molecule has 3 rings (SSSR count). The molecule has 1 aliphatic heterocycles. The number of halogens is 1. The summed E-state index contributed by atoms with van der Waals surface area (Å²) >= 11 is 7.39. The first-order valence-electron chi connectivity index (χ1n) is 8.25. The summed E-state index contributed by atoms with van der Waals surface area (Å²) in [6.45, 7) is 3.08. The predicted molar refractivity (Wildman–Crippen MR) is 103 cm³/mol. The van der Waals surface area contributed by atoms with Gasteiger partial charge in [-0.1, -0.05) is 18.5 Å². The van der Waals surface area contributed by atoms with Gasteiger partial charge in [0.05, 0.1) is 23.8 Å². The lowest BCUT2D eigenvalue weighted by Gasteiger charge is -2.24. The van der Waals surface area contributed by atoms with Crippen molar-refractivity contribution in [2.75, 3.05) is 25.2 Å². The van der Waals surface area contributed by atoms with Gasteiger partial charge in [-0.25, -0.2) is 14.6 Å². The Balaban J connectivity index is 1.76. The van der Waals surface area contributed by atoms with Gasteiger partial charge >= 0.3 is 17.8 Å². The van der Waals surface area contributed by atoms with E-state index in [4.69, 9.17) is 16.3 Å². The maximum atomic E-state index is 12.7. The number of hydrogen-bond donors (Lipinski definition) is 0. The third kappa shape index (κ3) is 3.97. The fraction of sp³-hybridized carbons (Fsp3) is 0.278. The minimum atomic E-state index is -0.861. The molecule has 0 atom stereocenters. The van der Waals surface area contributed by atoms with Crippen LogP contribution >= 0.6 is 22.9 Å². The number of urea groups is 1. The molecule has 1 aliphatic rings. The number of methoxy groups -OCH3 is 1. The van der Waals surface area contributed by atoms with Gasteiger partial charge in [0.25, 0.3) is 0 Å². The van der Waals surface area contributed by atoms with Crippen LogP contribution in [-0.4, -0.2) is 48.0 Å². The number of amides is 4. The highest BCUT2D eigenvalue weighted by Crippen LogP contribution is 2.26. The number of carbonyl (C=O) groups excluding carboxylic acids is 3. The van der Waals surface area contributed by atoms with E-state index in [1.165, 1.54) is 18.4 Å². The third-order valence-corrected chi connectivity index (χ3v) is 5.40. The molecule has 0 saturated carbocycles. The van der Waals surface area contributed by atoms with Crippen LogP contribution in [0, 0.1) is 0 Å². The van der Waals surface area contributed by atoms with Crippen LogP contribution in [0.2, 0.25) is 4.34 Å². The maximum absolute atomic E-state index is 12.7. The van der Waals surface area contributed by atoms with Crippen molar-refractivity contribution in [3.63, 3.8) is 0 Å². The Morgan fingerprint density at radius 2 is 1.78 bits per heavy atom. The quantitative estimate of drug-likeness (QED) is 0.520. The van der Waals surface area contributed by atoms with Gasteiger partial charge in [0.2, 0.25) is 0 Å². The van der Waals surface area contributed by atoms with Gasteiger partial charge < -0.3 is 4.74 Å². The van der Waals surface area contributed by atoms with Crippen molar-refractivity contribution in [2.45, 2.75) is 13.5 Å². The van der Waals surface area contributed by atoms with E-state index in [9.17, 15) is 14.4 Å². The molecular formula is C18H18ClN3O4S. The second kappa shape index (κ2) is 8.08. The molecule has 7 nitrogen and oxygen atoms in total. The van der Waals surface area contributed by atoms with Crippen molar-refractivity contribution in [1.29, 1.82) is 0 Å². The van der Waals surface area contributed by atoms with E-state index in [1.54, 1.807) is 30.3 Å². The van der Waals surface area contributed by atoms with Gasteiger partial charge in [0.15, 0.2) is 0 Å². The summed E-state index contributed by atoms with van der Waals surface area (Å²) < 4.78 is 5.75. The molecule has 1 saturated heterocycles. The fourth-order valence-electron chi connectivity index (χ4n) is 2.71. The topological polar surface area (TPSA) is 70.2 Å². The SMILES string of the molecule is CCN(Cc1ccc(Cl)s1)CN1C(=O)C(=O)N(c2ccc(OC)cc2)C1=O. The minimum absolute atomic E-state index is 0.0298. The first-order chi connectivity index (χ1) is 12.9. The monoisotopic (exact) mass is 407 g/mol. The molecule has 2 heterocycles. The molecule has 27 heavy (non-hydrogen) atoms. The second-order valence-corrected chi connectivity index (χ2v) is 7.65. The first kappa shape index (κ1) is 19.3. The predicted octanol–water partition coefficient (Wildman–Crippen LogP) is 3.18. The van der Waals surface area contributed by atoms with Crippen LogP contribution in [0.5, 0.6) is 5.75 Å². The summed E-state index contributed by atoms with van der Waals surface area (Å²) in [7, 11) is 1.52. The normalized spacial score (nSPS) is 14.6. The lowest BCUT2D eigenvalue weighted by Crippen LogP contribution is -2.42. The van der Waals surface area contributed by atoms with Crippen LogP contribution < -0.4 is 9.64 Å². The molecule has 0 aliphatic carbocycles. The van der Waals surface area contributed by atoms with E-state index in [1.807, 2.05) is 17.9 Å². The van der Waals surface area contributed by atoms with E-state index in [2.05, 4.69) is 0 Å². The van der Waals surface area contributed by atoms with Gasteiger partial charge in [-0.15, -0.1) is 11.3 Å². The molecule has 0 bridgehead atoms. The minimum Gasteiger partial charge on any atom is -0.497 e. The number of rotatable bonds is 7. The molecule has 4 amide bonds. The molecule has 9 heteroatoms. The molecule has 2 aromatic rings. The average molecular weight is 408 g/mol. The Labute approximate surface area is 165 Å². The lowest BCUT2D eigenvalue weighted by molar-refractivity contribution is -0.140. The van der Waals surface area contributed by atoms with E-state index in [-0.39, 0.29) is 6.67 Å². The van der Waals surface area contributed by atoms with Crippen molar-refractivity contribution in [2.24, 2.45) is 0 Å². The number of carbonyl (C=O) groups is 3.